The first-order valence-electron chi connectivity index (χ1n) is 17.0. The number of anilines is 3. The number of hydrogen-bond acceptors (Lipinski definition) is 8. The SMILES string of the molecule is CN(C=O)CCN(C)Cc1ccc(Nc2nc(-c3ccnc4c3CC(=O)CC3CN4C(=O)c4cc5c(n4C3)CCCC5)cn(C)c2=O)cc1. The lowest BCUT2D eigenvalue weighted by atomic mass is 9.92. The molecule has 254 valence electrons. The molecule has 3 aliphatic rings. The largest absolute Gasteiger partial charge is 0.347 e. The highest BCUT2D eigenvalue weighted by atomic mass is 16.2. The van der Waals surface area contributed by atoms with Crippen LogP contribution in [0.25, 0.3) is 11.3 Å². The Balaban J connectivity index is 1.19. The van der Waals surface area contributed by atoms with Crippen molar-refractivity contribution >= 4 is 35.4 Å². The number of pyridine rings is 1. The average molecular weight is 663 g/mol. The number of aryl methyl sites for hydroxylation is 2. The molecule has 12 heteroatoms. The van der Waals surface area contributed by atoms with Gasteiger partial charge >= 0.3 is 0 Å². The minimum absolute atomic E-state index is 0.00263. The zero-order valence-corrected chi connectivity index (χ0v) is 28.3. The summed E-state index contributed by atoms with van der Waals surface area (Å²) >= 11 is 0. The van der Waals surface area contributed by atoms with Gasteiger partial charge in [0.15, 0.2) is 5.82 Å². The van der Waals surface area contributed by atoms with E-state index in [0.29, 0.717) is 66.6 Å². The molecule has 5 heterocycles. The molecule has 2 amide bonds. The Bertz CT molecular complexity index is 1980. The van der Waals surface area contributed by atoms with Gasteiger partial charge in [-0.1, -0.05) is 12.1 Å². The highest BCUT2D eigenvalue weighted by Gasteiger charge is 2.37. The fourth-order valence-electron chi connectivity index (χ4n) is 7.40. The van der Waals surface area contributed by atoms with Crippen LogP contribution in [0.4, 0.5) is 17.3 Å². The molecule has 49 heavy (non-hydrogen) atoms. The lowest BCUT2D eigenvalue weighted by molar-refractivity contribution is -0.119. The minimum Gasteiger partial charge on any atom is -0.347 e. The van der Waals surface area contributed by atoms with E-state index >= 15 is 0 Å². The first kappa shape index (κ1) is 32.4. The lowest BCUT2D eigenvalue weighted by Crippen LogP contribution is -2.38. The van der Waals surface area contributed by atoms with Crippen LogP contribution in [-0.2, 0) is 49.0 Å². The molecule has 1 unspecified atom stereocenters. The third-order valence-electron chi connectivity index (χ3n) is 9.96. The zero-order valence-electron chi connectivity index (χ0n) is 28.3. The summed E-state index contributed by atoms with van der Waals surface area (Å²) in [6, 6.07) is 11.7. The smallest absolute Gasteiger partial charge is 0.293 e. The molecule has 1 aliphatic carbocycles. The molecule has 2 bridgehead atoms. The van der Waals surface area contributed by atoms with Crippen molar-refractivity contribution in [2.45, 2.75) is 51.6 Å². The number of rotatable bonds is 9. The maximum atomic E-state index is 14.2. The molecule has 3 aromatic heterocycles. The average Bonchev–Trinajstić information content (AvgIpc) is 3.39. The minimum atomic E-state index is -0.296. The van der Waals surface area contributed by atoms with Gasteiger partial charge < -0.3 is 24.3 Å². The van der Waals surface area contributed by atoms with Crippen molar-refractivity contribution in [1.29, 1.82) is 0 Å². The van der Waals surface area contributed by atoms with Crippen molar-refractivity contribution in [3.05, 3.63) is 87.2 Å². The van der Waals surface area contributed by atoms with Crippen LogP contribution in [0.2, 0.25) is 0 Å². The quantitative estimate of drug-likeness (QED) is 0.270. The third-order valence-corrected chi connectivity index (χ3v) is 9.96. The molecule has 4 aromatic rings. The molecule has 2 aliphatic heterocycles. The topological polar surface area (TPSA) is 126 Å². The van der Waals surface area contributed by atoms with Crippen molar-refractivity contribution in [3.8, 4) is 11.3 Å². The summed E-state index contributed by atoms with van der Waals surface area (Å²) in [5.41, 5.74) is 6.49. The van der Waals surface area contributed by atoms with E-state index in [1.807, 2.05) is 37.4 Å². The van der Waals surface area contributed by atoms with Gasteiger partial charge in [0.2, 0.25) is 6.41 Å². The van der Waals surface area contributed by atoms with Gasteiger partial charge in [-0.15, -0.1) is 0 Å². The van der Waals surface area contributed by atoms with Crippen LogP contribution >= 0.6 is 0 Å². The highest BCUT2D eigenvalue weighted by Crippen LogP contribution is 2.37. The normalized spacial score (nSPS) is 17.1. The lowest BCUT2D eigenvalue weighted by Gasteiger charge is -2.29. The molecular weight excluding hydrogens is 620 g/mol. The molecule has 0 saturated carbocycles. The summed E-state index contributed by atoms with van der Waals surface area (Å²) in [6.07, 6.45) is 8.81. The second-order valence-electron chi connectivity index (χ2n) is 13.7. The number of aromatic nitrogens is 4. The van der Waals surface area contributed by atoms with Crippen molar-refractivity contribution in [3.63, 3.8) is 0 Å². The predicted molar refractivity (Wildman–Crippen MR) is 187 cm³/mol. The third kappa shape index (κ3) is 6.52. The second kappa shape index (κ2) is 13.4. The Morgan fingerprint density at radius 1 is 1.02 bits per heavy atom. The number of nitrogens with zero attached hydrogens (tertiary/aromatic N) is 7. The second-order valence-corrected chi connectivity index (χ2v) is 13.7. The number of benzene rings is 1. The van der Waals surface area contributed by atoms with E-state index in [4.69, 9.17) is 9.97 Å². The highest BCUT2D eigenvalue weighted by molar-refractivity contribution is 6.06. The Kier molecular flexibility index (Phi) is 8.89. The standard InChI is InChI=1S/C37H42N8O4/c1-41(14-15-42(2)23-46)19-24-8-10-27(11-9-24)39-34-37(49)43(3)22-31(40-34)29-12-13-38-35-30(29)18-28(47)16-25-20-44-32-7-5-4-6-26(32)17-33(44)36(48)45(35)21-25/h8-13,17,22-23,25H,4-7,14-16,18-21H2,1-3H3,(H,39,40). The van der Waals surface area contributed by atoms with Crippen molar-refractivity contribution in [1.82, 2.24) is 28.9 Å². The van der Waals surface area contributed by atoms with Crippen molar-refractivity contribution < 1.29 is 14.4 Å². The van der Waals surface area contributed by atoms with Gasteiger partial charge in [0.25, 0.3) is 11.5 Å². The summed E-state index contributed by atoms with van der Waals surface area (Å²) in [6.45, 7) is 3.17. The monoisotopic (exact) mass is 662 g/mol. The number of amides is 2. The van der Waals surface area contributed by atoms with E-state index in [2.05, 4.69) is 20.9 Å². The number of hydrogen-bond donors (Lipinski definition) is 1. The van der Waals surface area contributed by atoms with E-state index in [1.54, 1.807) is 36.3 Å². The molecule has 1 aromatic carbocycles. The number of carbonyl (C=O) groups excluding carboxylic acids is 3. The van der Waals surface area contributed by atoms with Crippen LogP contribution in [0, 0.1) is 5.92 Å². The molecule has 0 saturated heterocycles. The first-order valence-corrected chi connectivity index (χ1v) is 17.0. The molecular formula is C37H42N8O4. The number of Topliss-reactive ketones (excluding diaryl/α,β-unsaturated/α-hetero) is 1. The van der Waals surface area contributed by atoms with Gasteiger partial charge in [-0.25, -0.2) is 9.97 Å². The van der Waals surface area contributed by atoms with Crippen LogP contribution in [0.5, 0.6) is 0 Å². The number of nitrogens with one attached hydrogen (secondary N) is 1. The number of carbonyl (C=O) groups is 3. The van der Waals surface area contributed by atoms with Gasteiger partial charge in [-0.2, -0.15) is 0 Å². The Morgan fingerprint density at radius 2 is 1.82 bits per heavy atom. The summed E-state index contributed by atoms with van der Waals surface area (Å²) in [7, 11) is 5.44. The number of fused-ring (bicyclic) bond motifs is 7. The first-order chi connectivity index (χ1) is 23.7. The maximum Gasteiger partial charge on any atom is 0.293 e. The van der Waals surface area contributed by atoms with E-state index in [9.17, 15) is 19.2 Å². The fourth-order valence-corrected chi connectivity index (χ4v) is 7.40. The van der Waals surface area contributed by atoms with Crippen LogP contribution < -0.4 is 15.8 Å². The zero-order chi connectivity index (χ0) is 34.2. The van der Waals surface area contributed by atoms with Crippen molar-refractivity contribution in [2.75, 3.05) is 43.9 Å². The van der Waals surface area contributed by atoms with Gasteiger partial charge in [0.05, 0.1) is 5.69 Å². The van der Waals surface area contributed by atoms with Gasteiger partial charge in [-0.3, -0.25) is 24.1 Å². The van der Waals surface area contributed by atoms with E-state index in [-0.39, 0.29) is 35.4 Å². The molecule has 1 atom stereocenters. The number of ketones is 1. The Labute approximate surface area is 285 Å². The Morgan fingerprint density at radius 3 is 2.61 bits per heavy atom. The number of likely N-dealkylation sites (N-methyl/N-ethyl adjacent to an activating group) is 2. The molecule has 7 rings (SSSR count). The molecule has 0 radical (unpaired) electrons. The van der Waals surface area contributed by atoms with Crippen LogP contribution in [0.15, 0.2) is 53.6 Å². The Hall–Kier alpha value is -5.10. The summed E-state index contributed by atoms with van der Waals surface area (Å²) < 4.78 is 3.65. The summed E-state index contributed by atoms with van der Waals surface area (Å²) in [5.74, 6) is 0.644. The molecule has 1 N–H and O–H groups in total. The molecule has 0 spiro atoms. The van der Waals surface area contributed by atoms with Crippen LogP contribution in [0.1, 0.15) is 52.1 Å². The summed E-state index contributed by atoms with van der Waals surface area (Å²) in [4.78, 5) is 66.9. The molecule has 0 fully saturated rings. The van der Waals surface area contributed by atoms with E-state index < -0.39 is 0 Å². The van der Waals surface area contributed by atoms with Gasteiger partial charge in [0.1, 0.15) is 17.3 Å². The van der Waals surface area contributed by atoms with Crippen LogP contribution in [0.3, 0.4) is 0 Å². The van der Waals surface area contributed by atoms with Crippen LogP contribution in [-0.4, -0.2) is 80.7 Å². The van der Waals surface area contributed by atoms with Crippen molar-refractivity contribution in [2.24, 2.45) is 13.0 Å². The van der Waals surface area contributed by atoms with Gasteiger partial charge in [-0.05, 0) is 68.1 Å². The van der Waals surface area contributed by atoms with E-state index in [1.165, 1.54) is 15.8 Å². The molecule has 12 nitrogen and oxygen atoms in total. The van der Waals surface area contributed by atoms with E-state index in [0.717, 1.165) is 44.2 Å². The maximum absolute atomic E-state index is 14.2. The predicted octanol–water partition coefficient (Wildman–Crippen LogP) is 3.58. The van der Waals surface area contributed by atoms with Gasteiger partial charge in [0, 0.05) is 100 Å². The summed E-state index contributed by atoms with van der Waals surface area (Å²) in [5, 5.41) is 3.19. The fraction of sp³-hybridized carbons (Fsp3) is 0.405.